The minimum atomic E-state index is 0.144. The second-order valence-electron chi connectivity index (χ2n) is 7.55. The van der Waals surface area contributed by atoms with Gasteiger partial charge in [0.1, 0.15) is 5.82 Å². The molecule has 0 amide bonds. The second-order valence-corrected chi connectivity index (χ2v) is 7.55. The third kappa shape index (κ3) is 2.30. The zero-order valence-corrected chi connectivity index (χ0v) is 14.7. The summed E-state index contributed by atoms with van der Waals surface area (Å²) in [6.45, 7) is 7.52. The number of ether oxygens (including phenoxy) is 1. The Hall–Kier alpha value is -2.01. The van der Waals surface area contributed by atoms with E-state index < -0.39 is 0 Å². The van der Waals surface area contributed by atoms with Gasteiger partial charge in [0.2, 0.25) is 0 Å². The van der Waals surface area contributed by atoms with Crippen LogP contribution in [-0.2, 0) is 4.74 Å². The van der Waals surface area contributed by atoms with E-state index in [1.807, 2.05) is 19.1 Å². The Morgan fingerprint density at radius 2 is 1.96 bits per heavy atom. The molecule has 4 rings (SSSR count). The first-order valence-electron chi connectivity index (χ1n) is 8.59. The van der Waals surface area contributed by atoms with Crippen LogP contribution in [0, 0.1) is 18.3 Å². The second kappa shape index (κ2) is 5.52. The third-order valence-electron chi connectivity index (χ3n) is 5.60. The molecule has 0 spiro atoms. The lowest BCUT2D eigenvalue weighted by molar-refractivity contribution is -0.101. The van der Waals surface area contributed by atoms with Crippen molar-refractivity contribution >= 4 is 5.82 Å². The SMILES string of the molecule is Cc1cc(N(C)[C@@H]2[C@@H]3CCO[C@@H]3C2(C)C)nc(-c2ccncc2)n1. The summed E-state index contributed by atoms with van der Waals surface area (Å²) in [5.74, 6) is 2.35. The van der Waals surface area contributed by atoms with Crippen LogP contribution in [0.2, 0.25) is 0 Å². The molecule has 2 aliphatic rings. The summed E-state index contributed by atoms with van der Waals surface area (Å²) in [6.07, 6.45) is 5.08. The quantitative estimate of drug-likeness (QED) is 0.868. The fourth-order valence-corrected chi connectivity index (χ4v) is 4.59. The van der Waals surface area contributed by atoms with Crippen LogP contribution in [-0.4, -0.2) is 40.8 Å². The lowest BCUT2D eigenvalue weighted by Crippen LogP contribution is -2.66. The molecular formula is C19H24N4O. The highest BCUT2D eigenvalue weighted by molar-refractivity contribution is 5.57. The van der Waals surface area contributed by atoms with Crippen LogP contribution in [0.25, 0.3) is 11.4 Å². The molecule has 5 heteroatoms. The van der Waals surface area contributed by atoms with Gasteiger partial charge in [-0.1, -0.05) is 13.8 Å². The molecule has 5 nitrogen and oxygen atoms in total. The van der Waals surface area contributed by atoms with Gasteiger partial charge in [-0.15, -0.1) is 0 Å². The van der Waals surface area contributed by atoms with Crippen molar-refractivity contribution in [2.75, 3.05) is 18.6 Å². The van der Waals surface area contributed by atoms with E-state index >= 15 is 0 Å². The van der Waals surface area contributed by atoms with Gasteiger partial charge >= 0.3 is 0 Å². The van der Waals surface area contributed by atoms with E-state index in [1.54, 1.807) is 12.4 Å². The Balaban J connectivity index is 1.68. The number of anilines is 1. The van der Waals surface area contributed by atoms with Crippen LogP contribution in [0.5, 0.6) is 0 Å². The zero-order valence-electron chi connectivity index (χ0n) is 14.7. The summed E-state index contributed by atoms with van der Waals surface area (Å²) < 4.78 is 5.93. The minimum Gasteiger partial charge on any atom is -0.377 e. The molecule has 2 aromatic rings. The first-order chi connectivity index (χ1) is 11.5. The van der Waals surface area contributed by atoms with E-state index in [-0.39, 0.29) is 5.41 Å². The monoisotopic (exact) mass is 324 g/mol. The van der Waals surface area contributed by atoms with Gasteiger partial charge in [-0.05, 0) is 25.5 Å². The minimum absolute atomic E-state index is 0.144. The van der Waals surface area contributed by atoms with Crippen LogP contribution in [0.4, 0.5) is 5.82 Å². The Morgan fingerprint density at radius 3 is 2.71 bits per heavy atom. The van der Waals surface area contributed by atoms with Crippen molar-refractivity contribution in [2.45, 2.75) is 39.3 Å². The Bertz CT molecular complexity index is 746. The van der Waals surface area contributed by atoms with Crippen molar-refractivity contribution in [3.05, 3.63) is 36.3 Å². The molecule has 1 saturated heterocycles. The highest BCUT2D eigenvalue weighted by atomic mass is 16.5. The number of hydrogen-bond acceptors (Lipinski definition) is 5. The van der Waals surface area contributed by atoms with Crippen molar-refractivity contribution in [3.8, 4) is 11.4 Å². The van der Waals surface area contributed by atoms with Crippen molar-refractivity contribution in [1.29, 1.82) is 0 Å². The smallest absolute Gasteiger partial charge is 0.161 e. The maximum Gasteiger partial charge on any atom is 0.161 e. The molecule has 24 heavy (non-hydrogen) atoms. The van der Waals surface area contributed by atoms with E-state index in [1.165, 1.54) is 0 Å². The number of rotatable bonds is 3. The van der Waals surface area contributed by atoms with Gasteiger partial charge in [0.15, 0.2) is 5.82 Å². The molecule has 0 aromatic carbocycles. The fraction of sp³-hybridized carbons (Fsp3) is 0.526. The van der Waals surface area contributed by atoms with Crippen LogP contribution < -0.4 is 4.90 Å². The number of aromatic nitrogens is 3. The summed E-state index contributed by atoms with van der Waals surface area (Å²) in [5, 5.41) is 0. The number of nitrogens with zero attached hydrogens (tertiary/aromatic N) is 4. The highest BCUT2D eigenvalue weighted by Crippen LogP contribution is 2.54. The molecule has 0 N–H and O–H groups in total. The Kier molecular flexibility index (Phi) is 3.57. The summed E-state index contributed by atoms with van der Waals surface area (Å²) in [7, 11) is 2.15. The van der Waals surface area contributed by atoms with Gasteiger partial charge in [0.05, 0.1) is 6.10 Å². The zero-order chi connectivity index (χ0) is 16.9. The fourth-order valence-electron chi connectivity index (χ4n) is 4.59. The lowest BCUT2D eigenvalue weighted by Gasteiger charge is -2.58. The first-order valence-corrected chi connectivity index (χ1v) is 8.59. The van der Waals surface area contributed by atoms with Crippen molar-refractivity contribution in [2.24, 2.45) is 11.3 Å². The van der Waals surface area contributed by atoms with Gasteiger partial charge in [0.25, 0.3) is 0 Å². The van der Waals surface area contributed by atoms with E-state index in [9.17, 15) is 0 Å². The topological polar surface area (TPSA) is 51.1 Å². The maximum absolute atomic E-state index is 5.93. The largest absolute Gasteiger partial charge is 0.377 e. The molecule has 3 heterocycles. The van der Waals surface area contributed by atoms with Crippen LogP contribution >= 0.6 is 0 Å². The van der Waals surface area contributed by atoms with Gasteiger partial charge in [-0.2, -0.15) is 0 Å². The number of fused-ring (bicyclic) bond motifs is 1. The summed E-state index contributed by atoms with van der Waals surface area (Å²) >= 11 is 0. The Labute approximate surface area is 143 Å². The van der Waals surface area contributed by atoms with Crippen molar-refractivity contribution in [3.63, 3.8) is 0 Å². The van der Waals surface area contributed by atoms with Crippen LogP contribution in [0.15, 0.2) is 30.6 Å². The van der Waals surface area contributed by atoms with E-state index in [2.05, 4.69) is 41.8 Å². The molecule has 0 bridgehead atoms. The third-order valence-corrected chi connectivity index (χ3v) is 5.60. The lowest BCUT2D eigenvalue weighted by atomic mass is 9.57. The van der Waals surface area contributed by atoms with Gasteiger partial charge < -0.3 is 9.64 Å². The van der Waals surface area contributed by atoms with Crippen LogP contribution in [0.1, 0.15) is 26.0 Å². The molecule has 126 valence electrons. The number of aryl methyl sites for hydroxylation is 1. The average Bonchev–Trinajstić information content (AvgIpc) is 3.01. The standard InChI is InChI=1S/C19H24N4O/c1-12-11-15(22-18(21-12)13-5-8-20-9-6-13)23(4)16-14-7-10-24-17(14)19(16,2)3/h5-6,8-9,11,14,16-17H,7,10H2,1-4H3/t14-,16+,17-/m0/s1. The molecule has 1 saturated carbocycles. The van der Waals surface area contributed by atoms with Crippen molar-refractivity contribution in [1.82, 2.24) is 15.0 Å². The molecule has 3 atom stereocenters. The highest BCUT2D eigenvalue weighted by Gasteiger charge is 2.61. The van der Waals surface area contributed by atoms with Gasteiger partial charge in [-0.3, -0.25) is 4.98 Å². The maximum atomic E-state index is 5.93. The van der Waals surface area contributed by atoms with Crippen LogP contribution in [0.3, 0.4) is 0 Å². The summed E-state index contributed by atoms with van der Waals surface area (Å²) in [4.78, 5) is 15.8. The molecule has 1 aliphatic heterocycles. The molecular weight excluding hydrogens is 300 g/mol. The van der Waals surface area contributed by atoms with E-state index in [4.69, 9.17) is 9.72 Å². The Morgan fingerprint density at radius 1 is 1.21 bits per heavy atom. The van der Waals surface area contributed by atoms with Gasteiger partial charge in [0, 0.05) is 60.7 Å². The molecule has 0 unspecified atom stereocenters. The molecule has 0 radical (unpaired) electrons. The molecule has 2 fully saturated rings. The summed E-state index contributed by atoms with van der Waals surface area (Å²) in [5.41, 5.74) is 2.12. The number of hydrogen-bond donors (Lipinski definition) is 0. The van der Waals surface area contributed by atoms with Crippen molar-refractivity contribution < 1.29 is 4.74 Å². The first kappa shape index (κ1) is 15.5. The molecule has 2 aromatic heterocycles. The average molecular weight is 324 g/mol. The van der Waals surface area contributed by atoms with E-state index in [0.29, 0.717) is 18.1 Å². The molecule has 1 aliphatic carbocycles. The van der Waals surface area contributed by atoms with Gasteiger partial charge in [-0.25, -0.2) is 9.97 Å². The summed E-state index contributed by atoms with van der Waals surface area (Å²) in [6, 6.07) is 6.42. The normalized spacial score (nSPS) is 27.4. The van der Waals surface area contributed by atoms with E-state index in [0.717, 1.165) is 35.9 Å². The number of pyridine rings is 1. The predicted octanol–water partition coefficient (Wildman–Crippen LogP) is 3.10. The predicted molar refractivity (Wildman–Crippen MR) is 93.8 cm³/mol.